The Labute approximate surface area is 168 Å². The maximum Gasteiger partial charge on any atom is 0.761 e. The Balaban J connectivity index is -0.0000000270. The Hall–Kier alpha value is 2.12. The third kappa shape index (κ3) is 539. The van der Waals surface area contributed by atoms with E-state index >= 15 is 0 Å². The van der Waals surface area contributed by atoms with Crippen molar-refractivity contribution in [1.82, 2.24) is 0 Å². The molecule has 0 aromatic heterocycles. The van der Waals surface area contributed by atoms with Gasteiger partial charge in [0.25, 0.3) is 0 Å². The first-order chi connectivity index (χ1) is 5.20. The Bertz CT molecular complexity index is 116. The molecule has 0 spiro atoms. The molecule has 74 valence electrons. The third-order valence-corrected chi connectivity index (χ3v) is 0. The monoisotopic (exact) mass is 312 g/mol. The van der Waals surface area contributed by atoms with Gasteiger partial charge < -0.3 is 28.8 Å². The zero-order valence-corrected chi connectivity index (χ0v) is 16.7. The van der Waals surface area contributed by atoms with Crippen LogP contribution in [0.15, 0.2) is 0 Å². The van der Waals surface area contributed by atoms with Crippen molar-refractivity contribution < 1.29 is 42.2 Å². The van der Waals surface area contributed by atoms with Gasteiger partial charge in [-0.05, 0) is 0 Å². The molecule has 0 saturated carbocycles. The Kier molecular flexibility index (Phi) is 51.9. The first-order valence-electron chi connectivity index (χ1n) is 1.95. The van der Waals surface area contributed by atoms with Crippen LogP contribution in [0.3, 0.4) is 0 Å². The summed E-state index contributed by atoms with van der Waals surface area (Å²) in [5, 5.41) is 0. The molecular formula is H6K2O9Si3. The maximum absolute atomic E-state index is 8.74. The van der Waals surface area contributed by atoms with Gasteiger partial charge in [-0.25, -0.2) is 0 Å². The molecule has 0 atom stereocenters. The average Bonchev–Trinajstić information content (AvgIpc) is 1.54. The molecule has 0 aromatic carbocycles. The van der Waals surface area contributed by atoms with Crippen molar-refractivity contribution in [1.29, 1.82) is 0 Å². The molecule has 14 heavy (non-hydrogen) atoms. The molecule has 9 nitrogen and oxygen atoms in total. The van der Waals surface area contributed by atoms with Crippen molar-refractivity contribution in [2.75, 3.05) is 0 Å². The third-order valence-electron chi connectivity index (χ3n) is 0. The molecule has 2 radical (unpaired) electrons. The second-order valence-electron chi connectivity index (χ2n) is 0.848. The van der Waals surface area contributed by atoms with E-state index in [9.17, 15) is 0 Å². The van der Waals surface area contributed by atoms with E-state index in [4.69, 9.17) is 42.2 Å². The Morgan fingerprint density at radius 2 is 0.500 bits per heavy atom. The minimum absolute atomic E-state index is 0. The van der Waals surface area contributed by atoms with Gasteiger partial charge in [-0.15, -0.1) is 0 Å². The van der Waals surface area contributed by atoms with Gasteiger partial charge in [-0.1, -0.05) is 0 Å². The van der Waals surface area contributed by atoms with Gasteiger partial charge in [-0.3, -0.25) is 13.4 Å². The second kappa shape index (κ2) is 24.4. The first-order valence-corrected chi connectivity index (χ1v) is 5.86. The number of rotatable bonds is 0. The van der Waals surface area contributed by atoms with Crippen LogP contribution < -0.4 is 0 Å². The Morgan fingerprint density at radius 3 is 0.500 bits per heavy atom. The van der Waals surface area contributed by atoms with E-state index in [2.05, 4.69) is 0 Å². The largest absolute Gasteiger partial charge is 0.761 e. The van der Waals surface area contributed by atoms with Crippen LogP contribution in [0.25, 0.3) is 0 Å². The van der Waals surface area contributed by atoms with Crippen LogP contribution in [-0.4, -0.2) is 159 Å². The summed E-state index contributed by atoms with van der Waals surface area (Å²) in [5.41, 5.74) is 0. The average molecular weight is 312 g/mol. The van der Waals surface area contributed by atoms with Gasteiger partial charge in [0.15, 0.2) is 0 Å². The number of hydrogen-bond donors (Lipinski definition) is 6. The van der Waals surface area contributed by atoms with Gasteiger partial charge in [0.05, 0.1) is 0 Å². The van der Waals surface area contributed by atoms with Crippen LogP contribution in [0.2, 0.25) is 0 Å². The first kappa shape index (κ1) is 29.8. The van der Waals surface area contributed by atoms with E-state index in [-0.39, 0.29) is 103 Å². The van der Waals surface area contributed by atoms with Crippen molar-refractivity contribution in [3.63, 3.8) is 0 Å². The van der Waals surface area contributed by atoms with Crippen molar-refractivity contribution in [3.8, 4) is 0 Å². The summed E-state index contributed by atoms with van der Waals surface area (Å²) < 4.78 is 26.2. The molecule has 14 heteroatoms. The summed E-state index contributed by atoms with van der Waals surface area (Å²) in [5.74, 6) is 0. The van der Waals surface area contributed by atoms with Crippen LogP contribution in [-0.2, 0) is 13.4 Å². The summed E-state index contributed by atoms with van der Waals surface area (Å²) in [7, 11) is -9.39. The predicted octanol–water partition coefficient (Wildman–Crippen LogP) is -5.60. The zero-order chi connectivity index (χ0) is 10.7. The van der Waals surface area contributed by atoms with E-state index < -0.39 is 27.5 Å². The van der Waals surface area contributed by atoms with Crippen LogP contribution in [0.5, 0.6) is 0 Å². The minimum Gasteiger partial charge on any atom is -0.511 e. The van der Waals surface area contributed by atoms with E-state index in [1.807, 2.05) is 0 Å². The van der Waals surface area contributed by atoms with E-state index in [1.54, 1.807) is 0 Å². The normalized spacial score (nSPS) is 5.14. The van der Waals surface area contributed by atoms with Crippen LogP contribution in [0.4, 0.5) is 0 Å². The fourth-order valence-corrected chi connectivity index (χ4v) is 0. The molecular weight excluding hydrogens is 306 g/mol. The van der Waals surface area contributed by atoms with Crippen LogP contribution >= 0.6 is 0 Å². The van der Waals surface area contributed by atoms with Crippen molar-refractivity contribution >= 4 is 130 Å². The summed E-state index contributed by atoms with van der Waals surface area (Å²) in [6.45, 7) is 0. The molecule has 0 amide bonds. The molecule has 0 fully saturated rings. The summed E-state index contributed by atoms with van der Waals surface area (Å²) >= 11 is 0. The van der Waals surface area contributed by atoms with Crippen molar-refractivity contribution in [2.45, 2.75) is 0 Å². The fourth-order valence-electron chi connectivity index (χ4n) is 0. The molecule has 0 aliphatic rings. The van der Waals surface area contributed by atoms with Crippen molar-refractivity contribution in [3.05, 3.63) is 0 Å². The van der Waals surface area contributed by atoms with Gasteiger partial charge in [0, 0.05) is 103 Å². The zero-order valence-electron chi connectivity index (χ0n) is 7.41. The fraction of sp³-hybridized carbons (Fsp3) is 0. The topological polar surface area (TPSA) is 173 Å². The minimum atomic E-state index is -3.13. The number of hydrogen-bond acceptors (Lipinski definition) is 3. The van der Waals surface area contributed by atoms with Crippen LogP contribution in [0.1, 0.15) is 0 Å². The van der Waals surface area contributed by atoms with E-state index in [1.165, 1.54) is 0 Å². The maximum atomic E-state index is 8.74. The molecule has 0 unspecified atom stereocenters. The molecule has 0 bridgehead atoms. The molecule has 0 aliphatic carbocycles. The van der Waals surface area contributed by atoms with Gasteiger partial charge >= 0.3 is 27.5 Å². The van der Waals surface area contributed by atoms with E-state index in [0.717, 1.165) is 0 Å². The SMILES string of the molecule is O=[Si](O)O.O=[Si](O)O.O=[Si](O)O.[K].[K]. The Morgan fingerprint density at radius 1 is 0.500 bits per heavy atom. The van der Waals surface area contributed by atoms with Crippen molar-refractivity contribution in [2.24, 2.45) is 0 Å². The van der Waals surface area contributed by atoms with Crippen LogP contribution in [0, 0.1) is 0 Å². The standard InChI is InChI=1S/2K.3H2O3Si/c;;3*1-4(2)3/h;;3*1-2H. The summed E-state index contributed by atoms with van der Waals surface area (Å²) in [6, 6.07) is 0. The predicted molar refractivity (Wildman–Crippen MR) is 44.1 cm³/mol. The molecule has 0 aliphatic heterocycles. The van der Waals surface area contributed by atoms with Gasteiger partial charge in [-0.2, -0.15) is 0 Å². The smallest absolute Gasteiger partial charge is 0.511 e. The molecule has 0 rings (SSSR count). The molecule has 0 saturated heterocycles. The second-order valence-corrected chi connectivity index (χ2v) is 2.54. The molecule has 0 aromatic rings. The quantitative estimate of drug-likeness (QED) is 0.238. The summed E-state index contributed by atoms with van der Waals surface area (Å²) in [6.07, 6.45) is 0. The summed E-state index contributed by atoms with van der Waals surface area (Å²) in [4.78, 5) is 42.9. The van der Waals surface area contributed by atoms with Gasteiger partial charge in [0.2, 0.25) is 0 Å². The molecule has 6 N–H and O–H groups in total. The van der Waals surface area contributed by atoms with Gasteiger partial charge in [0.1, 0.15) is 0 Å². The molecule has 0 heterocycles. The van der Waals surface area contributed by atoms with E-state index in [0.29, 0.717) is 0 Å².